The number of rotatable bonds is 8. The van der Waals surface area contributed by atoms with E-state index in [1.54, 1.807) is 6.20 Å². The van der Waals surface area contributed by atoms with E-state index >= 15 is 0 Å². The molecule has 0 aliphatic rings. The Morgan fingerprint density at radius 1 is 0.390 bits per heavy atom. The molecule has 0 fully saturated rings. The molecule has 4 heterocycles. The van der Waals surface area contributed by atoms with E-state index in [1.165, 1.54) is 38.3 Å². The summed E-state index contributed by atoms with van der Waals surface area (Å²) in [4.78, 5) is 11.2. The second kappa shape index (κ2) is 14.5. The molecule has 11 aromatic rings. The number of aromatic nitrogens is 4. The maximum Gasteiger partial charge on any atom is 0.0701 e. The number of hydrogen-bond donors (Lipinski definition) is 0. The summed E-state index contributed by atoms with van der Waals surface area (Å²) in [7, 11) is 0. The number of benzene rings is 7. The van der Waals surface area contributed by atoms with Crippen molar-refractivity contribution in [3.8, 4) is 44.9 Å². The second-order valence-electron chi connectivity index (χ2n) is 14.8. The number of para-hydroxylation sites is 2. The Kier molecular flexibility index (Phi) is 8.41. The Morgan fingerprint density at radius 3 is 1.64 bits per heavy atom. The van der Waals surface area contributed by atoms with Crippen LogP contribution in [0.4, 0.5) is 17.1 Å². The second-order valence-corrected chi connectivity index (χ2v) is 14.8. The molecule has 7 aromatic carbocycles. The smallest absolute Gasteiger partial charge is 0.0701 e. The summed E-state index contributed by atoms with van der Waals surface area (Å²) in [5.74, 6) is 0. The van der Waals surface area contributed by atoms with Crippen LogP contribution in [0.25, 0.3) is 77.6 Å². The zero-order valence-corrected chi connectivity index (χ0v) is 32.1. The normalized spacial score (nSPS) is 11.4. The van der Waals surface area contributed by atoms with Crippen LogP contribution in [-0.4, -0.2) is 19.1 Å². The van der Waals surface area contributed by atoms with Gasteiger partial charge in [0.15, 0.2) is 0 Å². The fraction of sp³-hybridized carbons (Fsp3) is 0. The molecule has 59 heavy (non-hydrogen) atoms. The first-order chi connectivity index (χ1) is 29.3. The predicted molar refractivity (Wildman–Crippen MR) is 244 cm³/mol. The first kappa shape index (κ1) is 34.2. The van der Waals surface area contributed by atoms with Crippen molar-refractivity contribution >= 4 is 49.8 Å². The summed E-state index contributed by atoms with van der Waals surface area (Å²) < 4.78 is 4.70. The third-order valence-corrected chi connectivity index (χ3v) is 11.3. The average Bonchev–Trinajstić information content (AvgIpc) is 3.90. The fourth-order valence-corrected chi connectivity index (χ4v) is 8.47. The predicted octanol–water partition coefficient (Wildman–Crippen LogP) is 14.0. The molecule has 0 aliphatic carbocycles. The van der Waals surface area contributed by atoms with Crippen LogP contribution in [-0.2, 0) is 0 Å². The molecule has 0 radical (unpaired) electrons. The lowest BCUT2D eigenvalue weighted by atomic mass is 10.0. The number of anilines is 3. The number of hydrogen-bond acceptors (Lipinski definition) is 3. The van der Waals surface area contributed by atoms with Crippen LogP contribution in [0.1, 0.15) is 0 Å². The summed E-state index contributed by atoms with van der Waals surface area (Å²) in [6, 6.07) is 71.4. The maximum atomic E-state index is 4.57. The van der Waals surface area contributed by atoms with Gasteiger partial charge < -0.3 is 14.0 Å². The highest BCUT2D eigenvalue weighted by atomic mass is 15.1. The van der Waals surface area contributed by atoms with E-state index in [0.29, 0.717) is 0 Å². The molecular weight excluding hydrogens is 719 g/mol. The van der Waals surface area contributed by atoms with Crippen molar-refractivity contribution in [1.82, 2.24) is 19.1 Å². The number of pyridine rings is 2. The Balaban J connectivity index is 1.00. The average molecular weight is 756 g/mol. The van der Waals surface area contributed by atoms with E-state index in [1.807, 2.05) is 36.7 Å². The van der Waals surface area contributed by atoms with Crippen molar-refractivity contribution in [1.29, 1.82) is 0 Å². The summed E-state index contributed by atoms with van der Waals surface area (Å²) in [6.07, 6.45) is 7.73. The molecule has 0 saturated heterocycles. The number of nitrogens with zero attached hydrogens (tertiary/aromatic N) is 5. The van der Waals surface area contributed by atoms with E-state index < -0.39 is 0 Å². The molecule has 0 saturated carbocycles. The minimum Gasteiger partial charge on any atom is -0.316 e. The van der Waals surface area contributed by atoms with Crippen molar-refractivity contribution in [3.63, 3.8) is 0 Å². The zero-order valence-electron chi connectivity index (χ0n) is 32.1. The van der Waals surface area contributed by atoms with Crippen LogP contribution in [0.15, 0.2) is 225 Å². The van der Waals surface area contributed by atoms with Gasteiger partial charge in [-0.25, -0.2) is 0 Å². The zero-order chi connectivity index (χ0) is 39.1. The van der Waals surface area contributed by atoms with Crippen LogP contribution in [0.3, 0.4) is 0 Å². The molecule has 0 spiro atoms. The fourth-order valence-electron chi connectivity index (χ4n) is 8.47. The van der Waals surface area contributed by atoms with Gasteiger partial charge in [0.05, 0.1) is 22.2 Å². The molecule has 278 valence electrons. The van der Waals surface area contributed by atoms with Crippen molar-refractivity contribution in [2.24, 2.45) is 0 Å². The summed E-state index contributed by atoms with van der Waals surface area (Å²) in [5, 5.41) is 3.68. The molecule has 0 aliphatic heterocycles. The van der Waals surface area contributed by atoms with Gasteiger partial charge in [-0.2, -0.15) is 0 Å². The molecule has 4 aromatic heterocycles. The minimum atomic E-state index is 0.953. The highest BCUT2D eigenvalue weighted by molar-refractivity contribution is 6.19. The van der Waals surface area contributed by atoms with Crippen LogP contribution in [0.5, 0.6) is 0 Å². The largest absolute Gasteiger partial charge is 0.316 e. The molecule has 5 nitrogen and oxygen atoms in total. The Hall–Kier alpha value is -8.02. The Morgan fingerprint density at radius 2 is 1.00 bits per heavy atom. The van der Waals surface area contributed by atoms with Crippen LogP contribution >= 0.6 is 0 Å². The van der Waals surface area contributed by atoms with Gasteiger partial charge in [0, 0.05) is 74.9 Å². The molecule has 0 bridgehead atoms. The quantitative estimate of drug-likeness (QED) is 0.155. The lowest BCUT2D eigenvalue weighted by Crippen LogP contribution is -2.09. The van der Waals surface area contributed by atoms with E-state index in [0.717, 1.165) is 56.4 Å². The van der Waals surface area contributed by atoms with Crippen molar-refractivity contribution in [2.45, 2.75) is 0 Å². The third kappa shape index (κ3) is 6.13. The first-order valence-electron chi connectivity index (χ1n) is 19.9. The Labute approximate surface area is 342 Å². The lowest BCUT2D eigenvalue weighted by molar-refractivity contribution is 1.13. The summed E-state index contributed by atoms with van der Waals surface area (Å²) >= 11 is 0. The van der Waals surface area contributed by atoms with E-state index in [4.69, 9.17) is 0 Å². The van der Waals surface area contributed by atoms with Crippen LogP contribution in [0.2, 0.25) is 0 Å². The minimum absolute atomic E-state index is 0.953. The van der Waals surface area contributed by atoms with Gasteiger partial charge in [-0.05, 0) is 125 Å². The van der Waals surface area contributed by atoms with E-state index in [-0.39, 0.29) is 0 Å². The molecule has 0 unspecified atom stereocenters. The molecule has 11 rings (SSSR count). The highest BCUT2D eigenvalue weighted by Gasteiger charge is 2.19. The van der Waals surface area contributed by atoms with Crippen molar-refractivity contribution < 1.29 is 0 Å². The van der Waals surface area contributed by atoms with Crippen molar-refractivity contribution in [2.75, 3.05) is 4.90 Å². The van der Waals surface area contributed by atoms with Gasteiger partial charge in [0.2, 0.25) is 0 Å². The van der Waals surface area contributed by atoms with E-state index in [2.05, 4.69) is 206 Å². The van der Waals surface area contributed by atoms with Gasteiger partial charge in [-0.1, -0.05) is 97.1 Å². The van der Waals surface area contributed by atoms with Gasteiger partial charge in [-0.3, -0.25) is 9.97 Å². The van der Waals surface area contributed by atoms with Gasteiger partial charge >= 0.3 is 0 Å². The standard InChI is InChI=1S/C54H37N5/c1-3-11-43(12-4-1)57-35-32-49-52(57)31-29-48-50-36-41(22-30-53(50)59(54(48)49)44-13-5-2-6-14-44)38-16-23-45(24-17-38)58(46-25-18-39(19-26-46)42-10-9-33-55-37-42)47-27-20-40(21-28-47)51-15-7-8-34-56-51/h1-37H. The molecule has 0 amide bonds. The topological polar surface area (TPSA) is 38.9 Å². The van der Waals surface area contributed by atoms with Crippen LogP contribution < -0.4 is 4.90 Å². The summed E-state index contributed by atoms with van der Waals surface area (Å²) in [6.45, 7) is 0. The highest BCUT2D eigenvalue weighted by Crippen LogP contribution is 2.41. The van der Waals surface area contributed by atoms with Gasteiger partial charge in [0.1, 0.15) is 0 Å². The SMILES string of the molecule is c1ccc(-n2ccc3c2ccc2c4cc(-c5ccc(N(c6ccc(-c7cccnc7)cc6)c6ccc(-c7ccccn7)cc6)cc5)ccc4n(-c4ccccc4)c23)cc1. The Bertz CT molecular complexity index is 3130. The van der Waals surface area contributed by atoms with E-state index in [9.17, 15) is 0 Å². The van der Waals surface area contributed by atoms with Gasteiger partial charge in [0.25, 0.3) is 0 Å². The van der Waals surface area contributed by atoms with Gasteiger partial charge in [-0.15, -0.1) is 0 Å². The lowest BCUT2D eigenvalue weighted by Gasteiger charge is -2.26. The third-order valence-electron chi connectivity index (χ3n) is 11.3. The maximum absolute atomic E-state index is 4.57. The summed E-state index contributed by atoms with van der Waals surface area (Å²) in [5.41, 5.74) is 15.7. The first-order valence-corrected chi connectivity index (χ1v) is 19.9. The van der Waals surface area contributed by atoms with Crippen molar-refractivity contribution in [3.05, 3.63) is 225 Å². The number of fused-ring (bicyclic) bond motifs is 5. The monoisotopic (exact) mass is 755 g/mol. The molecular formula is C54H37N5. The molecule has 5 heteroatoms. The molecule has 0 N–H and O–H groups in total. The molecule has 0 atom stereocenters. The van der Waals surface area contributed by atoms with Crippen LogP contribution in [0, 0.1) is 0 Å².